The predicted octanol–water partition coefficient (Wildman–Crippen LogP) is 0.318. The average Bonchev–Trinajstić information content (AvgIpc) is 2.08. The van der Waals surface area contributed by atoms with Crippen molar-refractivity contribution in [2.24, 2.45) is 5.73 Å². The quantitative estimate of drug-likeness (QED) is 0.655. The maximum atomic E-state index is 12.9. The Morgan fingerprint density at radius 2 is 2.25 bits per heavy atom. The zero-order valence-corrected chi connectivity index (χ0v) is 7.65. The van der Waals surface area contributed by atoms with Gasteiger partial charge < -0.3 is 10.8 Å². The van der Waals surface area contributed by atoms with Crippen LogP contribution in [0.15, 0.2) is 18.2 Å². The van der Waals surface area contributed by atoms with E-state index in [9.17, 15) is 4.39 Å². The van der Waals surface area contributed by atoms with E-state index in [2.05, 4.69) is 9.24 Å². The molecule has 4 heteroatoms. The summed E-state index contributed by atoms with van der Waals surface area (Å²) in [6.45, 7) is -0.171. The zero-order valence-electron chi connectivity index (χ0n) is 6.50. The fourth-order valence-electron chi connectivity index (χ4n) is 0.879. The Bertz CT molecular complexity index is 280. The Labute approximate surface area is 72.8 Å². The molecule has 0 aliphatic carbocycles. The number of nitrogens with two attached hydrogens (primary N) is 1. The van der Waals surface area contributed by atoms with Crippen LogP contribution in [0.25, 0.3) is 0 Å². The summed E-state index contributed by atoms with van der Waals surface area (Å²) in [5, 5.41) is 9.20. The summed E-state index contributed by atoms with van der Waals surface area (Å²) < 4.78 is 12.9. The number of halogens is 1. The average molecular weight is 187 g/mol. The molecule has 1 aromatic carbocycles. The van der Waals surface area contributed by atoms with Gasteiger partial charge in [0.15, 0.2) is 0 Å². The third-order valence-electron chi connectivity index (χ3n) is 1.65. The lowest BCUT2D eigenvalue weighted by atomic mass is 10.1. The molecule has 1 aromatic rings. The van der Waals surface area contributed by atoms with Crippen molar-refractivity contribution in [3.8, 4) is 0 Å². The second-order valence-electron chi connectivity index (χ2n) is 2.57. The lowest BCUT2D eigenvalue weighted by molar-refractivity contribution is 0.268. The molecule has 66 valence electrons. The van der Waals surface area contributed by atoms with Gasteiger partial charge in [-0.3, -0.25) is 0 Å². The first-order valence-electron chi connectivity index (χ1n) is 3.56. The molecule has 3 N–H and O–H groups in total. The van der Waals surface area contributed by atoms with Gasteiger partial charge in [-0.2, -0.15) is 0 Å². The number of benzene rings is 1. The number of aliphatic hydroxyl groups excluding tert-OH is 1. The molecule has 0 aliphatic rings. The van der Waals surface area contributed by atoms with E-state index in [0.29, 0.717) is 10.9 Å². The second kappa shape index (κ2) is 3.94. The van der Waals surface area contributed by atoms with Crippen molar-refractivity contribution in [2.75, 3.05) is 6.61 Å². The standard InChI is InChI=1S/C8H11FNOP/c9-6-3-5(7(10)4-11)1-2-8(6)12/h1-3,7,11H,4,10,12H2. The maximum Gasteiger partial charge on any atom is 0.130 e. The lowest BCUT2D eigenvalue weighted by Gasteiger charge is -2.08. The first-order chi connectivity index (χ1) is 5.65. The van der Waals surface area contributed by atoms with E-state index < -0.39 is 6.04 Å². The van der Waals surface area contributed by atoms with Crippen molar-refractivity contribution in [2.45, 2.75) is 6.04 Å². The van der Waals surface area contributed by atoms with Gasteiger partial charge in [0.05, 0.1) is 12.6 Å². The van der Waals surface area contributed by atoms with Gasteiger partial charge in [-0.25, -0.2) is 4.39 Å². The van der Waals surface area contributed by atoms with Crippen molar-refractivity contribution in [3.05, 3.63) is 29.6 Å². The Morgan fingerprint density at radius 1 is 1.58 bits per heavy atom. The molecule has 0 saturated heterocycles. The van der Waals surface area contributed by atoms with E-state index in [-0.39, 0.29) is 12.4 Å². The van der Waals surface area contributed by atoms with E-state index in [0.717, 1.165) is 0 Å². The molecule has 1 rings (SSSR count). The summed E-state index contributed by atoms with van der Waals surface area (Å²) in [5.41, 5.74) is 6.10. The molecule has 2 atom stereocenters. The van der Waals surface area contributed by atoms with E-state index >= 15 is 0 Å². The van der Waals surface area contributed by atoms with Crippen LogP contribution in [0, 0.1) is 5.82 Å². The van der Waals surface area contributed by atoms with Crippen molar-refractivity contribution in [1.29, 1.82) is 0 Å². The summed E-state index contributed by atoms with van der Waals surface area (Å²) >= 11 is 0. The van der Waals surface area contributed by atoms with Crippen LogP contribution in [-0.4, -0.2) is 11.7 Å². The molecule has 0 aliphatic heterocycles. The minimum Gasteiger partial charge on any atom is -0.394 e. The van der Waals surface area contributed by atoms with Crippen molar-refractivity contribution in [1.82, 2.24) is 0 Å². The smallest absolute Gasteiger partial charge is 0.130 e. The van der Waals surface area contributed by atoms with Crippen LogP contribution in [0.5, 0.6) is 0 Å². The van der Waals surface area contributed by atoms with Gasteiger partial charge in [0, 0.05) is 5.30 Å². The molecule has 12 heavy (non-hydrogen) atoms. The Kier molecular flexibility index (Phi) is 3.15. The fraction of sp³-hybridized carbons (Fsp3) is 0.250. The fourth-order valence-corrected chi connectivity index (χ4v) is 1.06. The van der Waals surface area contributed by atoms with Gasteiger partial charge in [0.1, 0.15) is 5.82 Å². The monoisotopic (exact) mass is 187 g/mol. The molecule has 0 radical (unpaired) electrons. The highest BCUT2D eigenvalue weighted by Crippen LogP contribution is 2.10. The van der Waals surface area contributed by atoms with Gasteiger partial charge in [0.2, 0.25) is 0 Å². The number of hydrogen-bond acceptors (Lipinski definition) is 2. The van der Waals surface area contributed by atoms with Crippen LogP contribution in [-0.2, 0) is 0 Å². The molecule has 2 nitrogen and oxygen atoms in total. The van der Waals surface area contributed by atoms with Gasteiger partial charge in [-0.1, -0.05) is 12.1 Å². The topological polar surface area (TPSA) is 46.2 Å². The summed E-state index contributed by atoms with van der Waals surface area (Å²) in [6, 6.07) is 4.16. The molecule has 2 unspecified atom stereocenters. The van der Waals surface area contributed by atoms with Crippen LogP contribution >= 0.6 is 9.24 Å². The van der Waals surface area contributed by atoms with Crippen molar-refractivity contribution in [3.63, 3.8) is 0 Å². The van der Waals surface area contributed by atoms with E-state index in [4.69, 9.17) is 10.8 Å². The summed E-state index contributed by atoms with van der Waals surface area (Å²) in [6.07, 6.45) is 0. The molecular weight excluding hydrogens is 176 g/mol. The molecule has 0 fully saturated rings. The number of aliphatic hydroxyl groups is 1. The van der Waals surface area contributed by atoms with Gasteiger partial charge in [0.25, 0.3) is 0 Å². The van der Waals surface area contributed by atoms with Crippen LogP contribution in [0.4, 0.5) is 4.39 Å². The minimum absolute atomic E-state index is 0.171. The molecule has 0 aromatic heterocycles. The van der Waals surface area contributed by atoms with Crippen LogP contribution in [0.2, 0.25) is 0 Å². The van der Waals surface area contributed by atoms with Crippen LogP contribution in [0.3, 0.4) is 0 Å². The van der Waals surface area contributed by atoms with E-state index in [1.165, 1.54) is 6.07 Å². The molecule has 0 spiro atoms. The van der Waals surface area contributed by atoms with Gasteiger partial charge in [-0.15, -0.1) is 9.24 Å². The van der Waals surface area contributed by atoms with Crippen LogP contribution in [0.1, 0.15) is 11.6 Å². The molecule has 0 saturated carbocycles. The number of rotatable bonds is 2. The normalized spacial score (nSPS) is 13.0. The van der Waals surface area contributed by atoms with Gasteiger partial charge >= 0.3 is 0 Å². The summed E-state index contributed by atoms with van der Waals surface area (Å²) in [4.78, 5) is 0. The molecular formula is C8H11FNOP. The Balaban J connectivity index is 2.96. The SMILES string of the molecule is NC(CO)c1ccc(P)c(F)c1. The highest BCUT2D eigenvalue weighted by molar-refractivity contribution is 7.27. The zero-order chi connectivity index (χ0) is 9.14. The highest BCUT2D eigenvalue weighted by Gasteiger charge is 2.05. The number of hydrogen-bond donors (Lipinski definition) is 2. The predicted molar refractivity (Wildman–Crippen MR) is 49.8 cm³/mol. The van der Waals surface area contributed by atoms with Crippen molar-refractivity contribution < 1.29 is 9.50 Å². The molecule has 0 bridgehead atoms. The highest BCUT2D eigenvalue weighted by atomic mass is 31.0. The van der Waals surface area contributed by atoms with Crippen LogP contribution < -0.4 is 11.0 Å². The first kappa shape index (κ1) is 9.59. The lowest BCUT2D eigenvalue weighted by Crippen LogP contribution is -2.15. The largest absolute Gasteiger partial charge is 0.394 e. The van der Waals surface area contributed by atoms with Crippen molar-refractivity contribution >= 4 is 14.5 Å². The minimum atomic E-state index is -0.495. The summed E-state index contributed by atoms with van der Waals surface area (Å²) in [7, 11) is 2.28. The molecule has 0 heterocycles. The third kappa shape index (κ3) is 2.01. The first-order valence-corrected chi connectivity index (χ1v) is 4.14. The third-order valence-corrected chi connectivity index (χ3v) is 2.12. The Hall–Kier alpha value is -0.500. The second-order valence-corrected chi connectivity index (χ2v) is 3.19. The molecule has 0 amide bonds. The van der Waals surface area contributed by atoms with Gasteiger partial charge in [-0.05, 0) is 11.6 Å². The van der Waals surface area contributed by atoms with E-state index in [1.54, 1.807) is 12.1 Å². The Morgan fingerprint density at radius 3 is 2.75 bits per heavy atom. The van der Waals surface area contributed by atoms with E-state index in [1.807, 2.05) is 0 Å². The summed E-state index contributed by atoms with van der Waals surface area (Å²) in [5.74, 6) is -0.318. The maximum absolute atomic E-state index is 12.9.